The van der Waals surface area contributed by atoms with Crippen molar-refractivity contribution in [2.45, 2.75) is 38.7 Å². The van der Waals surface area contributed by atoms with Crippen molar-refractivity contribution in [3.05, 3.63) is 46.8 Å². The number of carbonyl (C=O) groups excluding carboxylic acids is 2. The molecule has 184 valence electrons. The number of hydrogen-bond acceptors (Lipinski definition) is 6. The second-order valence-corrected chi connectivity index (χ2v) is 10.0. The van der Waals surface area contributed by atoms with Gasteiger partial charge >= 0.3 is 0 Å². The van der Waals surface area contributed by atoms with Crippen LogP contribution < -0.4 is 4.74 Å². The zero-order valence-corrected chi connectivity index (χ0v) is 20.8. The molecule has 8 nitrogen and oxygen atoms in total. The first-order chi connectivity index (χ1) is 16.3. The van der Waals surface area contributed by atoms with Gasteiger partial charge in [-0.05, 0) is 31.2 Å². The third-order valence-corrected chi connectivity index (χ3v) is 6.89. The number of carbonyl (C=O) groups is 2. The summed E-state index contributed by atoms with van der Waals surface area (Å²) in [5.41, 5.74) is 0.754. The van der Waals surface area contributed by atoms with Crippen molar-refractivity contribution in [1.29, 1.82) is 0 Å². The summed E-state index contributed by atoms with van der Waals surface area (Å²) in [5.74, 6) is 0.854. The molecule has 34 heavy (non-hydrogen) atoms. The molecular formula is C25H33ClN4O4. The standard InChI is InChI=1S/C25H33ClN4O4/c1-17(2)21-15-23(34-27-21)25(32)30-8-7-22(33-20-6-4-5-19(26)14-20)18(16-30)13-24(31)29-11-9-28(3)10-12-29/h4-6,14-15,17-18,22H,7-13,16H2,1-3H3/t18-,22-/m0/s1. The van der Waals surface area contributed by atoms with Crippen LogP contribution in [-0.2, 0) is 4.79 Å². The average molecular weight is 489 g/mol. The monoisotopic (exact) mass is 488 g/mol. The highest BCUT2D eigenvalue weighted by Crippen LogP contribution is 2.29. The number of nitrogens with zero attached hydrogens (tertiary/aromatic N) is 4. The number of ether oxygens (including phenoxy) is 1. The summed E-state index contributed by atoms with van der Waals surface area (Å²) in [5, 5.41) is 4.62. The number of benzene rings is 1. The molecule has 4 rings (SSSR count). The van der Waals surface area contributed by atoms with Gasteiger partial charge in [-0.25, -0.2) is 0 Å². The van der Waals surface area contributed by atoms with Gasteiger partial charge in [0.2, 0.25) is 11.7 Å². The minimum Gasteiger partial charge on any atom is -0.490 e. The van der Waals surface area contributed by atoms with Crippen LogP contribution in [-0.4, -0.2) is 84.1 Å². The number of piperidine rings is 1. The van der Waals surface area contributed by atoms with E-state index < -0.39 is 0 Å². The molecule has 2 fully saturated rings. The van der Waals surface area contributed by atoms with Crippen LogP contribution in [0.2, 0.25) is 5.02 Å². The van der Waals surface area contributed by atoms with Crippen LogP contribution >= 0.6 is 11.6 Å². The van der Waals surface area contributed by atoms with E-state index in [1.165, 1.54) is 0 Å². The van der Waals surface area contributed by atoms with E-state index in [-0.39, 0.29) is 35.5 Å². The first kappa shape index (κ1) is 24.5. The zero-order chi connectivity index (χ0) is 24.2. The summed E-state index contributed by atoms with van der Waals surface area (Å²) >= 11 is 6.14. The largest absolute Gasteiger partial charge is 0.490 e. The molecule has 9 heteroatoms. The molecule has 2 aromatic rings. The van der Waals surface area contributed by atoms with Gasteiger partial charge in [-0.15, -0.1) is 0 Å². The number of amides is 2. The van der Waals surface area contributed by atoms with Gasteiger partial charge in [0, 0.05) is 69.1 Å². The third kappa shape index (κ3) is 5.91. The van der Waals surface area contributed by atoms with Gasteiger partial charge in [0.15, 0.2) is 0 Å². The second-order valence-electron chi connectivity index (χ2n) is 9.57. The Kier molecular flexibility index (Phi) is 7.78. The normalized spacial score (nSPS) is 21.7. The Morgan fingerprint density at radius 2 is 1.91 bits per heavy atom. The fourth-order valence-corrected chi connectivity index (χ4v) is 4.67. The van der Waals surface area contributed by atoms with Crippen LogP contribution in [0.1, 0.15) is 48.9 Å². The van der Waals surface area contributed by atoms with E-state index >= 15 is 0 Å². The van der Waals surface area contributed by atoms with Crippen molar-refractivity contribution < 1.29 is 18.8 Å². The number of piperazine rings is 1. The molecule has 2 aliphatic heterocycles. The molecule has 1 aromatic heterocycles. The number of rotatable bonds is 6. The van der Waals surface area contributed by atoms with Gasteiger partial charge in [-0.2, -0.15) is 0 Å². The van der Waals surface area contributed by atoms with E-state index in [0.29, 0.717) is 36.7 Å². The molecule has 0 unspecified atom stereocenters. The number of likely N-dealkylation sites (N-methyl/N-ethyl adjacent to an activating group) is 1. The molecular weight excluding hydrogens is 456 g/mol. The number of likely N-dealkylation sites (tertiary alicyclic amines) is 1. The van der Waals surface area contributed by atoms with E-state index in [1.807, 2.05) is 30.9 Å². The predicted octanol–water partition coefficient (Wildman–Crippen LogP) is 3.53. The topological polar surface area (TPSA) is 79.1 Å². The molecule has 0 N–H and O–H groups in total. The van der Waals surface area contributed by atoms with Gasteiger partial charge < -0.3 is 24.0 Å². The van der Waals surface area contributed by atoms with Gasteiger partial charge in [0.25, 0.3) is 5.91 Å². The summed E-state index contributed by atoms with van der Waals surface area (Å²) in [7, 11) is 2.06. The third-order valence-electron chi connectivity index (χ3n) is 6.66. The maximum atomic E-state index is 13.1. The Labute approximate surface area is 205 Å². The fourth-order valence-electron chi connectivity index (χ4n) is 4.49. The van der Waals surface area contributed by atoms with Crippen molar-refractivity contribution in [3.63, 3.8) is 0 Å². The van der Waals surface area contributed by atoms with Crippen molar-refractivity contribution in [2.75, 3.05) is 46.3 Å². The minimum atomic E-state index is -0.197. The lowest BCUT2D eigenvalue weighted by Gasteiger charge is -2.39. The number of halogens is 1. The Balaban J connectivity index is 1.48. The molecule has 1 aromatic carbocycles. The maximum absolute atomic E-state index is 13.1. The lowest BCUT2D eigenvalue weighted by Crippen LogP contribution is -2.51. The Bertz CT molecular complexity index is 1000. The molecule has 2 amide bonds. The maximum Gasteiger partial charge on any atom is 0.292 e. The van der Waals surface area contributed by atoms with Gasteiger partial charge in [-0.3, -0.25) is 9.59 Å². The van der Waals surface area contributed by atoms with Crippen molar-refractivity contribution in [2.24, 2.45) is 5.92 Å². The molecule has 0 bridgehead atoms. The van der Waals surface area contributed by atoms with Crippen LogP contribution in [0, 0.1) is 5.92 Å². The van der Waals surface area contributed by atoms with Crippen LogP contribution in [0.15, 0.2) is 34.9 Å². The highest BCUT2D eigenvalue weighted by Gasteiger charge is 2.37. The predicted molar refractivity (Wildman–Crippen MR) is 129 cm³/mol. The summed E-state index contributed by atoms with van der Waals surface area (Å²) < 4.78 is 11.6. The van der Waals surface area contributed by atoms with E-state index in [2.05, 4.69) is 17.1 Å². The van der Waals surface area contributed by atoms with E-state index in [1.54, 1.807) is 23.1 Å². The molecule has 0 spiro atoms. The molecule has 2 saturated heterocycles. The summed E-state index contributed by atoms with van der Waals surface area (Å²) in [4.78, 5) is 32.2. The lowest BCUT2D eigenvalue weighted by molar-refractivity contribution is -0.135. The van der Waals surface area contributed by atoms with Crippen molar-refractivity contribution in [3.8, 4) is 5.75 Å². The summed E-state index contributed by atoms with van der Waals surface area (Å²) in [6.07, 6.45) is 0.746. The SMILES string of the molecule is CC(C)c1cc(C(=O)N2CC[C@H](Oc3cccc(Cl)c3)[C@@H](CC(=O)N3CCN(C)CC3)C2)on1. The highest BCUT2D eigenvalue weighted by atomic mass is 35.5. The van der Waals surface area contributed by atoms with Gasteiger partial charge in [0.1, 0.15) is 11.9 Å². The van der Waals surface area contributed by atoms with E-state index in [9.17, 15) is 9.59 Å². The summed E-state index contributed by atoms with van der Waals surface area (Å²) in [6.45, 7) is 8.12. The molecule has 2 atom stereocenters. The molecule has 0 radical (unpaired) electrons. The summed E-state index contributed by atoms with van der Waals surface area (Å²) in [6, 6.07) is 9.00. The van der Waals surface area contributed by atoms with Crippen LogP contribution in [0.25, 0.3) is 0 Å². The van der Waals surface area contributed by atoms with Crippen LogP contribution in [0.3, 0.4) is 0 Å². The van der Waals surface area contributed by atoms with Crippen LogP contribution in [0.5, 0.6) is 5.75 Å². The van der Waals surface area contributed by atoms with Crippen molar-refractivity contribution >= 4 is 23.4 Å². The first-order valence-corrected chi connectivity index (χ1v) is 12.3. The Morgan fingerprint density at radius 3 is 2.59 bits per heavy atom. The molecule has 0 saturated carbocycles. The van der Waals surface area contributed by atoms with E-state index in [4.69, 9.17) is 20.9 Å². The van der Waals surface area contributed by atoms with Gasteiger partial charge in [-0.1, -0.05) is 36.7 Å². The zero-order valence-electron chi connectivity index (χ0n) is 20.1. The van der Waals surface area contributed by atoms with Crippen molar-refractivity contribution in [1.82, 2.24) is 19.9 Å². The Hall–Kier alpha value is -2.58. The lowest BCUT2D eigenvalue weighted by atomic mass is 9.90. The molecule has 3 heterocycles. The van der Waals surface area contributed by atoms with Gasteiger partial charge in [0.05, 0.1) is 5.69 Å². The first-order valence-electron chi connectivity index (χ1n) is 11.9. The smallest absolute Gasteiger partial charge is 0.292 e. The Morgan fingerprint density at radius 1 is 1.15 bits per heavy atom. The average Bonchev–Trinajstić information content (AvgIpc) is 3.31. The minimum absolute atomic E-state index is 0.105. The van der Waals surface area contributed by atoms with E-state index in [0.717, 1.165) is 31.9 Å². The second kappa shape index (κ2) is 10.8. The fraction of sp³-hybridized carbons (Fsp3) is 0.560. The highest BCUT2D eigenvalue weighted by molar-refractivity contribution is 6.30. The number of aromatic nitrogens is 1. The number of hydrogen-bond donors (Lipinski definition) is 0. The van der Waals surface area contributed by atoms with Crippen LogP contribution in [0.4, 0.5) is 0 Å². The molecule has 2 aliphatic rings. The quantitative estimate of drug-likeness (QED) is 0.619. The molecule has 0 aliphatic carbocycles.